The number of carbonyl (C=O) groups is 2. The minimum Gasteiger partial charge on any atom is -0.495 e. The Balaban J connectivity index is 1.37. The summed E-state index contributed by atoms with van der Waals surface area (Å²) in [5.74, 6) is -0.203. The number of benzene rings is 2. The summed E-state index contributed by atoms with van der Waals surface area (Å²) in [6.07, 6.45) is 0.495. The first-order valence-corrected chi connectivity index (χ1v) is 11.8. The number of unbranched alkanes of at least 4 members (excludes halogenated alkanes) is 1. The second kappa shape index (κ2) is 12.5. The van der Waals surface area contributed by atoms with Crippen molar-refractivity contribution in [1.82, 2.24) is 5.32 Å². The minimum absolute atomic E-state index is 0.121. The van der Waals surface area contributed by atoms with Crippen LogP contribution in [0.15, 0.2) is 42.5 Å². The Bertz CT molecular complexity index is 981. The molecule has 35 heavy (non-hydrogen) atoms. The fraction of sp³-hybridized carbons (Fsp3) is 0.440. The first kappa shape index (κ1) is 26.4. The van der Waals surface area contributed by atoms with Gasteiger partial charge in [-0.1, -0.05) is 29.8 Å². The van der Waals surface area contributed by atoms with E-state index in [0.717, 1.165) is 36.1 Å². The standard InChI is InChI=1S/C25H30ClNO8/c1-32-22-10-7-17(14-21(22)26)4-2-3-13-33-20-8-5-18(6-9-20)16-27-19-11-12-25(15-19,34-23(28)29)35-24(30)31/h5-10,14,19,27H,2-4,11-13,15-16H2,1H3,(H,28,29)(H,30,31). The lowest BCUT2D eigenvalue weighted by Gasteiger charge is -2.26. The lowest BCUT2D eigenvalue weighted by atomic mass is 10.1. The summed E-state index contributed by atoms with van der Waals surface area (Å²) < 4.78 is 20.5. The second-order valence-corrected chi connectivity index (χ2v) is 8.79. The molecule has 10 heteroatoms. The lowest BCUT2D eigenvalue weighted by Crippen LogP contribution is -2.39. The molecule has 1 aliphatic rings. The zero-order valence-electron chi connectivity index (χ0n) is 19.5. The third kappa shape index (κ3) is 8.22. The van der Waals surface area contributed by atoms with E-state index in [-0.39, 0.29) is 18.9 Å². The minimum atomic E-state index is -1.66. The van der Waals surface area contributed by atoms with Crippen molar-refractivity contribution in [3.8, 4) is 11.5 Å². The third-order valence-corrected chi connectivity index (χ3v) is 6.14. The molecule has 9 nitrogen and oxygen atoms in total. The Morgan fingerprint density at radius 2 is 1.74 bits per heavy atom. The molecule has 1 unspecified atom stereocenters. The Hall–Kier alpha value is -3.17. The molecule has 0 saturated heterocycles. The van der Waals surface area contributed by atoms with Crippen LogP contribution >= 0.6 is 11.6 Å². The van der Waals surface area contributed by atoms with Crippen molar-refractivity contribution in [1.29, 1.82) is 0 Å². The number of nitrogens with one attached hydrogen (secondary N) is 1. The summed E-state index contributed by atoms with van der Waals surface area (Å²) in [4.78, 5) is 21.9. The average Bonchev–Trinajstić information content (AvgIpc) is 3.19. The first-order chi connectivity index (χ1) is 16.8. The van der Waals surface area contributed by atoms with Crippen molar-refractivity contribution in [3.05, 3.63) is 58.6 Å². The molecule has 0 aliphatic heterocycles. The molecular formula is C25H30ClNO8. The SMILES string of the molecule is COc1ccc(CCCCOc2ccc(CNC3CCC(OC(=O)O)(OC(=O)O)C3)cc2)cc1Cl. The average molecular weight is 508 g/mol. The van der Waals surface area contributed by atoms with Crippen molar-refractivity contribution in [2.45, 2.75) is 56.9 Å². The van der Waals surface area contributed by atoms with Crippen molar-refractivity contribution in [3.63, 3.8) is 0 Å². The van der Waals surface area contributed by atoms with Gasteiger partial charge in [-0.15, -0.1) is 0 Å². The van der Waals surface area contributed by atoms with Crippen molar-refractivity contribution < 1.29 is 38.7 Å². The van der Waals surface area contributed by atoms with Crippen LogP contribution in [0.3, 0.4) is 0 Å². The Kier molecular flexibility index (Phi) is 9.45. The van der Waals surface area contributed by atoms with Gasteiger partial charge in [0.05, 0.1) is 18.7 Å². The van der Waals surface area contributed by atoms with Gasteiger partial charge in [-0.25, -0.2) is 9.59 Å². The number of rotatable bonds is 12. The van der Waals surface area contributed by atoms with Crippen molar-refractivity contribution in [2.75, 3.05) is 13.7 Å². The molecule has 0 bridgehead atoms. The first-order valence-electron chi connectivity index (χ1n) is 11.4. The normalized spacial score (nSPS) is 16.5. The zero-order chi connectivity index (χ0) is 25.3. The van der Waals surface area contributed by atoms with E-state index in [9.17, 15) is 9.59 Å². The van der Waals surface area contributed by atoms with Crippen molar-refractivity contribution >= 4 is 23.9 Å². The summed E-state index contributed by atoms with van der Waals surface area (Å²) in [5, 5.41) is 21.7. The van der Waals surface area contributed by atoms with Gasteiger partial charge in [0.15, 0.2) is 0 Å². The van der Waals surface area contributed by atoms with Crippen LogP contribution in [0.2, 0.25) is 5.02 Å². The molecule has 0 heterocycles. The number of hydrogen-bond acceptors (Lipinski definition) is 7. The van der Waals surface area contributed by atoms with Gasteiger partial charge in [-0.05, 0) is 61.1 Å². The molecule has 2 aromatic rings. The van der Waals surface area contributed by atoms with Crippen molar-refractivity contribution in [2.24, 2.45) is 0 Å². The highest BCUT2D eigenvalue weighted by Gasteiger charge is 2.46. The van der Waals surface area contributed by atoms with E-state index < -0.39 is 18.1 Å². The predicted octanol–water partition coefficient (Wildman–Crippen LogP) is 5.48. The highest BCUT2D eigenvalue weighted by Crippen LogP contribution is 2.35. The molecule has 1 aliphatic carbocycles. The van der Waals surface area contributed by atoms with E-state index >= 15 is 0 Å². The van der Waals surface area contributed by atoms with Crippen LogP contribution in [0.5, 0.6) is 11.5 Å². The maximum absolute atomic E-state index is 10.9. The number of hydrogen-bond donors (Lipinski definition) is 3. The van der Waals surface area contributed by atoms with E-state index in [1.165, 1.54) is 0 Å². The molecule has 2 aromatic carbocycles. The predicted molar refractivity (Wildman–Crippen MR) is 128 cm³/mol. The quantitative estimate of drug-likeness (QED) is 0.194. The largest absolute Gasteiger partial charge is 0.509 e. The molecule has 0 radical (unpaired) electrons. The van der Waals surface area contributed by atoms with E-state index in [4.69, 9.17) is 40.8 Å². The van der Waals surface area contributed by atoms with Crippen LogP contribution in [-0.4, -0.2) is 48.1 Å². The molecule has 1 atom stereocenters. The summed E-state index contributed by atoms with van der Waals surface area (Å²) in [7, 11) is 1.60. The highest BCUT2D eigenvalue weighted by molar-refractivity contribution is 6.32. The van der Waals surface area contributed by atoms with Crippen LogP contribution in [-0.2, 0) is 22.4 Å². The second-order valence-electron chi connectivity index (χ2n) is 8.39. The summed E-state index contributed by atoms with van der Waals surface area (Å²) in [5.41, 5.74) is 2.18. The molecule has 3 rings (SSSR count). The smallest absolute Gasteiger partial charge is 0.495 e. The van der Waals surface area contributed by atoms with Crippen LogP contribution in [0, 0.1) is 0 Å². The molecule has 0 aromatic heterocycles. The molecule has 3 N–H and O–H groups in total. The molecule has 0 amide bonds. The topological polar surface area (TPSA) is 124 Å². The van der Waals surface area contributed by atoms with E-state index in [1.54, 1.807) is 7.11 Å². The highest BCUT2D eigenvalue weighted by atomic mass is 35.5. The van der Waals surface area contributed by atoms with Crippen LogP contribution in [0.4, 0.5) is 9.59 Å². The fourth-order valence-electron chi connectivity index (χ4n) is 4.12. The fourth-order valence-corrected chi connectivity index (χ4v) is 4.40. The van der Waals surface area contributed by atoms with Crippen LogP contribution < -0.4 is 14.8 Å². The number of ether oxygens (including phenoxy) is 4. The van der Waals surface area contributed by atoms with Gasteiger partial charge in [0.2, 0.25) is 0 Å². The van der Waals surface area contributed by atoms with Gasteiger partial charge in [-0.3, -0.25) is 0 Å². The Morgan fingerprint density at radius 1 is 1.06 bits per heavy atom. The number of halogens is 1. The lowest BCUT2D eigenvalue weighted by molar-refractivity contribution is -0.177. The summed E-state index contributed by atoms with van der Waals surface area (Å²) >= 11 is 6.16. The maximum Gasteiger partial charge on any atom is 0.509 e. The summed E-state index contributed by atoms with van der Waals surface area (Å²) in [6.45, 7) is 1.14. The van der Waals surface area contributed by atoms with Crippen LogP contribution in [0.1, 0.15) is 43.2 Å². The zero-order valence-corrected chi connectivity index (χ0v) is 20.3. The molecule has 1 saturated carbocycles. The van der Waals surface area contributed by atoms with Gasteiger partial charge in [-0.2, -0.15) is 0 Å². The molecular weight excluding hydrogens is 478 g/mol. The molecule has 0 spiro atoms. The van der Waals surface area contributed by atoms with E-state index in [1.807, 2.05) is 42.5 Å². The van der Waals surface area contributed by atoms with E-state index in [0.29, 0.717) is 30.3 Å². The Labute approximate surface area is 208 Å². The van der Waals surface area contributed by atoms with E-state index in [2.05, 4.69) is 5.32 Å². The monoisotopic (exact) mass is 507 g/mol. The van der Waals surface area contributed by atoms with Crippen LogP contribution in [0.25, 0.3) is 0 Å². The number of carboxylic acid groups (broad SMARTS) is 2. The van der Waals surface area contributed by atoms with Gasteiger partial charge in [0.1, 0.15) is 11.5 Å². The third-order valence-electron chi connectivity index (χ3n) is 5.84. The number of methoxy groups -OCH3 is 1. The molecule has 190 valence electrons. The molecule has 1 fully saturated rings. The van der Waals surface area contributed by atoms with Gasteiger partial charge in [0, 0.05) is 25.4 Å². The van der Waals surface area contributed by atoms with Gasteiger partial charge < -0.3 is 34.5 Å². The maximum atomic E-state index is 10.9. The van der Waals surface area contributed by atoms with Gasteiger partial charge >= 0.3 is 12.3 Å². The number of aryl methyl sites for hydroxylation is 1. The summed E-state index contributed by atoms with van der Waals surface area (Å²) in [6, 6.07) is 13.4. The Morgan fingerprint density at radius 3 is 2.37 bits per heavy atom. The van der Waals surface area contributed by atoms with Gasteiger partial charge in [0.25, 0.3) is 5.79 Å².